The van der Waals surface area contributed by atoms with Gasteiger partial charge in [-0.25, -0.2) is 0 Å². The fraction of sp³-hybridized carbons (Fsp3) is 0.100. The van der Waals surface area contributed by atoms with E-state index in [1.807, 2.05) is 17.5 Å². The smallest absolute Gasteiger partial charge is 0.0880 e. The van der Waals surface area contributed by atoms with Crippen LogP contribution in [0.25, 0.3) is 59.1 Å². The maximum atomic E-state index is 4.86. The van der Waals surface area contributed by atoms with Crippen molar-refractivity contribution in [2.75, 3.05) is 0 Å². The summed E-state index contributed by atoms with van der Waals surface area (Å²) in [7, 11) is 0. The van der Waals surface area contributed by atoms with Gasteiger partial charge in [-0.05, 0) is 63.2 Å². The third-order valence-electron chi connectivity index (χ3n) is 6.86. The molecule has 32 heavy (non-hydrogen) atoms. The number of allylic oxidation sites excluding steroid dienone is 1. The second-order valence-electron chi connectivity index (χ2n) is 8.87. The molecule has 0 saturated carbocycles. The highest BCUT2D eigenvalue weighted by atomic mass is 32.1. The number of benzene rings is 4. The summed E-state index contributed by atoms with van der Waals surface area (Å²) < 4.78 is 2.59. The van der Waals surface area contributed by atoms with Gasteiger partial charge in [-0.15, -0.1) is 11.3 Å². The van der Waals surface area contributed by atoms with Crippen LogP contribution in [-0.2, 0) is 6.42 Å². The monoisotopic (exact) mass is 427 g/mol. The van der Waals surface area contributed by atoms with E-state index in [0.717, 1.165) is 12.1 Å². The van der Waals surface area contributed by atoms with Crippen molar-refractivity contribution in [2.45, 2.75) is 13.3 Å². The number of pyridine rings is 1. The van der Waals surface area contributed by atoms with Crippen LogP contribution in [-0.4, -0.2) is 4.98 Å². The van der Waals surface area contributed by atoms with Gasteiger partial charge in [-0.2, -0.15) is 0 Å². The molecule has 0 saturated heterocycles. The minimum Gasteiger partial charge on any atom is -0.255 e. The van der Waals surface area contributed by atoms with Crippen molar-refractivity contribution in [3.8, 4) is 11.3 Å². The fourth-order valence-corrected chi connectivity index (χ4v) is 6.56. The number of fused-ring (bicyclic) bond motifs is 9. The summed E-state index contributed by atoms with van der Waals surface area (Å²) in [6, 6.07) is 26.6. The predicted molar refractivity (Wildman–Crippen MR) is 139 cm³/mol. The number of thiophene rings is 1. The number of aromatic nitrogens is 1. The maximum Gasteiger partial charge on any atom is 0.0880 e. The van der Waals surface area contributed by atoms with E-state index in [4.69, 9.17) is 4.98 Å². The highest BCUT2D eigenvalue weighted by Gasteiger charge is 2.19. The maximum absolute atomic E-state index is 4.86. The minimum absolute atomic E-state index is 0.555. The Hall–Kier alpha value is -3.49. The zero-order chi connectivity index (χ0) is 21.2. The van der Waals surface area contributed by atoms with Crippen molar-refractivity contribution in [3.05, 3.63) is 96.2 Å². The van der Waals surface area contributed by atoms with E-state index in [-0.39, 0.29) is 0 Å². The van der Waals surface area contributed by atoms with E-state index in [1.165, 1.54) is 58.4 Å². The molecule has 0 fully saturated rings. The molecule has 0 amide bonds. The molecule has 1 aliphatic carbocycles. The SMILES string of the molecule is CC1C=Cc2c(c3cc(-c4nccc5c4sc4ccccc45)ccc3c3ccccc23)C1. The minimum atomic E-state index is 0.555. The molecule has 4 aromatic carbocycles. The first-order valence-electron chi connectivity index (χ1n) is 11.2. The first-order chi connectivity index (χ1) is 15.8. The Labute approximate surface area is 190 Å². The van der Waals surface area contributed by atoms with Gasteiger partial charge in [0.05, 0.1) is 10.4 Å². The summed E-state index contributed by atoms with van der Waals surface area (Å²) in [5.41, 5.74) is 5.15. The van der Waals surface area contributed by atoms with Crippen molar-refractivity contribution in [1.82, 2.24) is 4.98 Å². The topological polar surface area (TPSA) is 12.9 Å². The first-order valence-corrected chi connectivity index (χ1v) is 12.0. The molecule has 0 spiro atoms. The van der Waals surface area contributed by atoms with Crippen LogP contribution in [0.1, 0.15) is 18.1 Å². The van der Waals surface area contributed by atoms with Crippen LogP contribution in [0, 0.1) is 5.92 Å². The molecule has 1 aliphatic rings. The van der Waals surface area contributed by atoms with Gasteiger partial charge in [-0.1, -0.05) is 73.7 Å². The number of nitrogens with zero attached hydrogens (tertiary/aromatic N) is 1. The van der Waals surface area contributed by atoms with E-state index in [9.17, 15) is 0 Å². The molecule has 6 aromatic rings. The zero-order valence-electron chi connectivity index (χ0n) is 17.8. The van der Waals surface area contributed by atoms with Gasteiger partial charge in [0.1, 0.15) is 0 Å². The lowest BCUT2D eigenvalue weighted by Gasteiger charge is -2.21. The number of hydrogen-bond donors (Lipinski definition) is 0. The lowest BCUT2D eigenvalue weighted by molar-refractivity contribution is 0.722. The molecule has 1 atom stereocenters. The Bertz CT molecular complexity index is 1720. The second kappa shape index (κ2) is 6.75. The Morgan fingerprint density at radius 2 is 1.56 bits per heavy atom. The van der Waals surface area contributed by atoms with E-state index >= 15 is 0 Å². The van der Waals surface area contributed by atoms with Crippen LogP contribution in [0.3, 0.4) is 0 Å². The van der Waals surface area contributed by atoms with Crippen LogP contribution >= 0.6 is 11.3 Å². The van der Waals surface area contributed by atoms with Crippen LogP contribution < -0.4 is 0 Å². The molecule has 152 valence electrons. The van der Waals surface area contributed by atoms with Gasteiger partial charge in [0.25, 0.3) is 0 Å². The van der Waals surface area contributed by atoms with Crippen molar-refractivity contribution in [3.63, 3.8) is 0 Å². The van der Waals surface area contributed by atoms with E-state index in [2.05, 4.69) is 91.9 Å². The summed E-state index contributed by atoms with van der Waals surface area (Å²) in [5.74, 6) is 0.555. The molecule has 1 nitrogen and oxygen atoms in total. The number of hydrogen-bond acceptors (Lipinski definition) is 2. The van der Waals surface area contributed by atoms with Crippen LogP contribution in [0.15, 0.2) is 85.1 Å². The average molecular weight is 428 g/mol. The van der Waals surface area contributed by atoms with Crippen molar-refractivity contribution in [1.29, 1.82) is 0 Å². The summed E-state index contributed by atoms with van der Waals surface area (Å²) in [6.07, 6.45) is 7.73. The molecule has 0 bridgehead atoms. The molecule has 1 unspecified atom stereocenters. The molecular weight excluding hydrogens is 406 g/mol. The summed E-state index contributed by atoms with van der Waals surface area (Å²) >= 11 is 1.85. The molecule has 7 rings (SSSR count). The lowest BCUT2D eigenvalue weighted by atomic mass is 9.83. The lowest BCUT2D eigenvalue weighted by Crippen LogP contribution is -2.05. The second-order valence-corrected chi connectivity index (χ2v) is 9.93. The third-order valence-corrected chi connectivity index (χ3v) is 8.06. The Morgan fingerprint density at radius 3 is 2.47 bits per heavy atom. The first kappa shape index (κ1) is 18.1. The molecule has 2 heteroatoms. The zero-order valence-corrected chi connectivity index (χ0v) is 18.6. The third kappa shape index (κ3) is 2.53. The largest absolute Gasteiger partial charge is 0.255 e. The summed E-state index contributed by atoms with van der Waals surface area (Å²) in [4.78, 5) is 4.86. The normalized spacial score (nSPS) is 15.7. The molecule has 0 radical (unpaired) electrons. The van der Waals surface area contributed by atoms with E-state index in [0.29, 0.717) is 5.92 Å². The van der Waals surface area contributed by atoms with E-state index in [1.54, 1.807) is 0 Å². The molecule has 2 heterocycles. The Kier molecular flexibility index (Phi) is 3.82. The number of rotatable bonds is 1. The highest BCUT2D eigenvalue weighted by molar-refractivity contribution is 7.26. The van der Waals surface area contributed by atoms with Crippen LogP contribution in [0.5, 0.6) is 0 Å². The summed E-state index contributed by atoms with van der Waals surface area (Å²) in [6.45, 7) is 2.31. The van der Waals surface area contributed by atoms with Crippen LogP contribution in [0.4, 0.5) is 0 Å². The average Bonchev–Trinajstić information content (AvgIpc) is 3.23. The molecule has 0 N–H and O–H groups in total. The quantitative estimate of drug-likeness (QED) is 0.239. The van der Waals surface area contributed by atoms with Gasteiger partial charge < -0.3 is 0 Å². The fourth-order valence-electron chi connectivity index (χ4n) is 5.35. The summed E-state index contributed by atoms with van der Waals surface area (Å²) in [5, 5.41) is 8.02. The van der Waals surface area contributed by atoms with Gasteiger partial charge >= 0.3 is 0 Å². The Morgan fingerprint density at radius 1 is 0.781 bits per heavy atom. The van der Waals surface area contributed by atoms with Gasteiger partial charge in [0.2, 0.25) is 0 Å². The highest BCUT2D eigenvalue weighted by Crippen LogP contribution is 2.42. The van der Waals surface area contributed by atoms with Gasteiger partial charge in [0.15, 0.2) is 0 Å². The van der Waals surface area contributed by atoms with Gasteiger partial charge in [0, 0.05) is 27.2 Å². The van der Waals surface area contributed by atoms with Crippen LogP contribution in [0.2, 0.25) is 0 Å². The van der Waals surface area contributed by atoms with E-state index < -0.39 is 0 Å². The molecular formula is C30H21NS. The molecule has 0 aliphatic heterocycles. The molecule has 2 aromatic heterocycles. The van der Waals surface area contributed by atoms with Crippen molar-refractivity contribution >= 4 is 59.1 Å². The van der Waals surface area contributed by atoms with Gasteiger partial charge in [-0.3, -0.25) is 4.98 Å². The van der Waals surface area contributed by atoms with Crippen molar-refractivity contribution < 1.29 is 0 Å². The predicted octanol–water partition coefficient (Wildman–Crippen LogP) is 8.63. The standard InChI is InChI=1S/C30H21NS/c1-18-10-12-22-20-6-2-3-7-21(20)23-13-11-19(17-27(23)26(22)16-18)29-30-25(14-15-31-29)24-8-4-5-9-28(24)32-30/h2-15,17-18H,16H2,1H3. The van der Waals surface area contributed by atoms with Crippen molar-refractivity contribution in [2.24, 2.45) is 5.92 Å². The Balaban J connectivity index is 1.56.